The summed E-state index contributed by atoms with van der Waals surface area (Å²) in [5.41, 5.74) is -2.80. The van der Waals surface area contributed by atoms with Crippen LogP contribution in [0.4, 0.5) is 13.2 Å². The molecule has 1 aromatic rings. The molecule has 0 spiro atoms. The summed E-state index contributed by atoms with van der Waals surface area (Å²) >= 11 is 0. The van der Waals surface area contributed by atoms with Gasteiger partial charge in [0, 0.05) is 12.1 Å². The number of sulfonamides is 1. The van der Waals surface area contributed by atoms with Crippen LogP contribution in [0.5, 0.6) is 0 Å². The van der Waals surface area contributed by atoms with E-state index in [0.717, 1.165) is 5.56 Å². The third-order valence-electron chi connectivity index (χ3n) is 3.54. The van der Waals surface area contributed by atoms with Gasteiger partial charge in [-0.3, -0.25) is 0 Å². The lowest BCUT2D eigenvalue weighted by Gasteiger charge is -2.33. The number of aryl methyl sites for hydroxylation is 1. The summed E-state index contributed by atoms with van der Waals surface area (Å²) in [6, 6.07) is 5.31. The van der Waals surface area contributed by atoms with Gasteiger partial charge in [0.1, 0.15) is 0 Å². The van der Waals surface area contributed by atoms with Crippen molar-refractivity contribution >= 4 is 15.7 Å². The number of alkyl halides is 3. The van der Waals surface area contributed by atoms with Crippen molar-refractivity contribution in [3.8, 4) is 0 Å². The fourth-order valence-corrected chi connectivity index (χ4v) is 3.77. The van der Waals surface area contributed by atoms with Gasteiger partial charge < -0.3 is 5.11 Å². The first-order valence-electron chi connectivity index (χ1n) is 7.00. The zero-order valence-electron chi connectivity index (χ0n) is 12.6. The van der Waals surface area contributed by atoms with E-state index in [9.17, 15) is 26.7 Å². The summed E-state index contributed by atoms with van der Waals surface area (Å²) in [6.07, 6.45) is -5.37. The van der Waals surface area contributed by atoms with Crippen LogP contribution in [0.15, 0.2) is 34.3 Å². The number of halogens is 3. The van der Waals surface area contributed by atoms with E-state index in [0.29, 0.717) is 6.42 Å². The number of benzene rings is 1. The molecule has 0 fully saturated rings. The van der Waals surface area contributed by atoms with Crippen molar-refractivity contribution < 1.29 is 26.7 Å². The molecule has 0 saturated heterocycles. The SMILES string of the molecule is CCCC1=NN(S(=O)(=O)c2ccc(C)cc2)[C@](O)(C(F)(F)F)C1. The number of rotatable bonds is 4. The third kappa shape index (κ3) is 3.07. The quantitative estimate of drug-likeness (QED) is 0.908. The Morgan fingerprint density at radius 1 is 1.30 bits per heavy atom. The average Bonchev–Trinajstić information content (AvgIpc) is 2.78. The maximum absolute atomic E-state index is 13.3. The highest BCUT2D eigenvalue weighted by Crippen LogP contribution is 2.43. The summed E-state index contributed by atoms with van der Waals surface area (Å²) in [5, 5.41) is 13.6. The normalized spacial score (nSPS) is 22.3. The predicted octanol–water partition coefficient (Wildman–Crippen LogP) is 2.80. The lowest BCUT2D eigenvalue weighted by Crippen LogP contribution is -2.56. The molecule has 1 N–H and O–H groups in total. The Morgan fingerprint density at radius 2 is 1.87 bits per heavy atom. The van der Waals surface area contributed by atoms with Crippen LogP contribution >= 0.6 is 0 Å². The summed E-state index contributed by atoms with van der Waals surface area (Å²) < 4.78 is 64.7. The van der Waals surface area contributed by atoms with Gasteiger partial charge >= 0.3 is 6.18 Å². The maximum atomic E-state index is 13.3. The second kappa shape index (κ2) is 5.79. The molecule has 1 atom stereocenters. The van der Waals surface area contributed by atoms with Crippen LogP contribution in [0.2, 0.25) is 0 Å². The minimum atomic E-state index is -5.16. The molecule has 0 amide bonds. The van der Waals surface area contributed by atoms with Gasteiger partial charge in [0.25, 0.3) is 15.7 Å². The van der Waals surface area contributed by atoms with Crippen molar-refractivity contribution in [3.63, 3.8) is 0 Å². The van der Waals surface area contributed by atoms with Gasteiger partial charge in [-0.2, -0.15) is 26.7 Å². The van der Waals surface area contributed by atoms with Crippen LogP contribution in [0.25, 0.3) is 0 Å². The average molecular weight is 350 g/mol. The molecule has 1 aliphatic rings. The van der Waals surface area contributed by atoms with E-state index in [-0.39, 0.29) is 21.4 Å². The van der Waals surface area contributed by atoms with Crippen LogP contribution in [-0.4, -0.2) is 35.6 Å². The predicted molar refractivity (Wildman–Crippen MR) is 78.2 cm³/mol. The Morgan fingerprint density at radius 3 is 2.35 bits per heavy atom. The first kappa shape index (κ1) is 17.7. The highest BCUT2D eigenvalue weighted by Gasteiger charge is 2.64. The number of aliphatic hydroxyl groups is 1. The van der Waals surface area contributed by atoms with Crippen LogP contribution < -0.4 is 0 Å². The van der Waals surface area contributed by atoms with Crippen LogP contribution in [0.3, 0.4) is 0 Å². The van der Waals surface area contributed by atoms with Crippen LogP contribution in [0.1, 0.15) is 31.7 Å². The molecule has 9 heteroatoms. The van der Waals surface area contributed by atoms with E-state index in [1.165, 1.54) is 24.3 Å². The Kier molecular flexibility index (Phi) is 4.46. The monoisotopic (exact) mass is 350 g/mol. The van der Waals surface area contributed by atoms with E-state index in [2.05, 4.69) is 5.10 Å². The first-order valence-corrected chi connectivity index (χ1v) is 8.44. The molecule has 23 heavy (non-hydrogen) atoms. The van der Waals surface area contributed by atoms with Gasteiger partial charge in [-0.25, -0.2) is 0 Å². The highest BCUT2D eigenvalue weighted by atomic mass is 32.2. The zero-order valence-corrected chi connectivity index (χ0v) is 13.4. The van der Waals surface area contributed by atoms with E-state index in [1.54, 1.807) is 13.8 Å². The molecular weight excluding hydrogens is 333 g/mol. The fourth-order valence-electron chi connectivity index (χ4n) is 2.30. The second-order valence-corrected chi connectivity index (χ2v) is 7.24. The molecule has 0 aliphatic carbocycles. The Bertz CT molecular complexity index is 714. The standard InChI is InChI=1S/C14H17F3N2O3S/c1-3-4-11-9-13(20,14(15,16)17)19(18-11)23(21,22)12-7-5-10(2)6-8-12/h5-8,20H,3-4,9H2,1-2H3/t13-/m1/s1. The molecule has 1 aliphatic heterocycles. The molecule has 2 rings (SSSR count). The molecule has 0 bridgehead atoms. The van der Waals surface area contributed by atoms with Gasteiger partial charge in [-0.05, 0) is 25.5 Å². The number of hydrogen-bond donors (Lipinski definition) is 1. The molecule has 0 saturated carbocycles. The summed E-state index contributed by atoms with van der Waals surface area (Å²) in [4.78, 5) is -0.354. The first-order chi connectivity index (χ1) is 10.5. The van der Waals surface area contributed by atoms with E-state index >= 15 is 0 Å². The Balaban J connectivity index is 2.53. The molecule has 0 unspecified atom stereocenters. The molecule has 5 nitrogen and oxygen atoms in total. The van der Waals surface area contributed by atoms with E-state index in [1.807, 2.05) is 0 Å². The van der Waals surface area contributed by atoms with Crippen LogP contribution in [-0.2, 0) is 10.0 Å². The van der Waals surface area contributed by atoms with Crippen LogP contribution in [0, 0.1) is 6.92 Å². The molecule has 1 aromatic carbocycles. The largest absolute Gasteiger partial charge is 0.439 e. The number of hydrazone groups is 1. The van der Waals surface area contributed by atoms with E-state index < -0.39 is 28.3 Å². The third-order valence-corrected chi connectivity index (χ3v) is 5.25. The number of nitrogens with zero attached hydrogens (tertiary/aromatic N) is 2. The summed E-state index contributed by atoms with van der Waals surface area (Å²) in [7, 11) is -4.62. The Hall–Kier alpha value is -1.61. The van der Waals surface area contributed by atoms with Crippen molar-refractivity contribution in [2.24, 2.45) is 5.10 Å². The highest BCUT2D eigenvalue weighted by molar-refractivity contribution is 7.89. The zero-order chi connectivity index (χ0) is 17.5. The van der Waals surface area contributed by atoms with Gasteiger partial charge in [0.05, 0.1) is 4.90 Å². The maximum Gasteiger partial charge on any atom is 0.439 e. The van der Waals surface area contributed by atoms with Gasteiger partial charge in [0.2, 0.25) is 0 Å². The summed E-state index contributed by atoms with van der Waals surface area (Å²) in [6.45, 7) is 3.45. The number of hydrogen-bond acceptors (Lipinski definition) is 4. The molecular formula is C14H17F3N2O3S. The van der Waals surface area contributed by atoms with Crippen molar-refractivity contribution in [1.29, 1.82) is 0 Å². The topological polar surface area (TPSA) is 70.0 Å². The van der Waals surface area contributed by atoms with Gasteiger partial charge in [0.15, 0.2) is 0 Å². The van der Waals surface area contributed by atoms with Gasteiger partial charge in [-0.1, -0.05) is 31.0 Å². The summed E-state index contributed by atoms with van der Waals surface area (Å²) in [5.74, 6) is 0. The van der Waals surface area contributed by atoms with Crippen molar-refractivity contribution in [2.45, 2.75) is 49.9 Å². The minimum absolute atomic E-state index is 0.00279. The lowest BCUT2D eigenvalue weighted by molar-refractivity contribution is -0.291. The van der Waals surface area contributed by atoms with E-state index in [4.69, 9.17) is 0 Å². The van der Waals surface area contributed by atoms with Crippen molar-refractivity contribution in [3.05, 3.63) is 29.8 Å². The smallest absolute Gasteiger partial charge is 0.361 e. The second-order valence-electron chi connectivity index (χ2n) is 5.47. The van der Waals surface area contributed by atoms with Crippen molar-refractivity contribution in [2.75, 3.05) is 0 Å². The van der Waals surface area contributed by atoms with Gasteiger partial charge in [-0.15, -0.1) is 4.41 Å². The fraction of sp³-hybridized carbons (Fsp3) is 0.500. The molecule has 128 valence electrons. The van der Waals surface area contributed by atoms with Crippen molar-refractivity contribution in [1.82, 2.24) is 4.41 Å². The molecule has 0 radical (unpaired) electrons. The Labute approximate surface area is 132 Å². The molecule has 0 aromatic heterocycles. The lowest BCUT2D eigenvalue weighted by atomic mass is 10.0. The minimum Gasteiger partial charge on any atom is -0.361 e. The molecule has 1 heterocycles.